The summed E-state index contributed by atoms with van der Waals surface area (Å²) in [4.78, 5) is 21.8. The third-order valence-corrected chi connectivity index (χ3v) is 4.91. The van der Waals surface area contributed by atoms with Crippen LogP contribution in [0.2, 0.25) is 0 Å². The third-order valence-electron chi connectivity index (χ3n) is 4.91. The van der Waals surface area contributed by atoms with E-state index in [1.807, 2.05) is 24.3 Å². The monoisotopic (exact) mass is 365 g/mol. The van der Waals surface area contributed by atoms with Crippen LogP contribution < -0.4 is 16.0 Å². The predicted molar refractivity (Wildman–Crippen MR) is 107 cm³/mol. The van der Waals surface area contributed by atoms with Crippen LogP contribution in [0.15, 0.2) is 63.8 Å². The minimum Gasteiger partial charge on any atom is -0.419 e. The second-order valence-electron chi connectivity index (χ2n) is 6.70. The molecule has 1 N–H and O–H groups in total. The van der Waals surface area contributed by atoms with Gasteiger partial charge >= 0.3 is 5.63 Å². The van der Waals surface area contributed by atoms with E-state index in [4.69, 9.17) is 9.25 Å². The summed E-state index contributed by atoms with van der Waals surface area (Å²) in [6, 6.07) is 18.2. The molecule has 2 heterocycles. The maximum atomic E-state index is 12.2. The van der Waals surface area contributed by atoms with Crippen LogP contribution in [-0.2, 0) is 11.4 Å². The number of fused-ring (bicyclic) bond motifs is 1. The molecule has 3 aromatic rings. The molecule has 1 aromatic heterocycles. The zero-order valence-electron chi connectivity index (χ0n) is 15.4. The van der Waals surface area contributed by atoms with Crippen molar-refractivity contribution in [2.45, 2.75) is 6.54 Å². The minimum absolute atomic E-state index is 0.301. The van der Waals surface area contributed by atoms with Crippen LogP contribution in [0.3, 0.4) is 0 Å². The first-order valence-electron chi connectivity index (χ1n) is 9.12. The highest BCUT2D eigenvalue weighted by Gasteiger charge is 2.20. The molecule has 1 aliphatic rings. The van der Waals surface area contributed by atoms with Gasteiger partial charge in [0.2, 0.25) is 0 Å². The van der Waals surface area contributed by atoms with Crippen molar-refractivity contribution in [1.29, 1.82) is 0 Å². The van der Waals surface area contributed by atoms with Gasteiger partial charge in [-0.15, -0.1) is 0 Å². The molecule has 0 bridgehead atoms. The van der Waals surface area contributed by atoms with Crippen molar-refractivity contribution in [1.82, 2.24) is 4.90 Å². The van der Waals surface area contributed by atoms with E-state index in [1.165, 1.54) is 12.7 Å². The fourth-order valence-electron chi connectivity index (χ4n) is 3.55. The first kappa shape index (κ1) is 17.6. The quantitative estimate of drug-likeness (QED) is 0.554. The molecule has 0 unspecified atom stereocenters. The van der Waals surface area contributed by atoms with Gasteiger partial charge in [0.25, 0.3) is 0 Å². The van der Waals surface area contributed by atoms with Crippen LogP contribution in [0.25, 0.3) is 11.0 Å². The fraction of sp³-hybridized carbons (Fsp3) is 0.286. The highest BCUT2D eigenvalue weighted by atomic mass is 16.6. The van der Waals surface area contributed by atoms with Gasteiger partial charge in [-0.25, -0.2) is 4.79 Å². The van der Waals surface area contributed by atoms with Crippen LogP contribution in [0, 0.1) is 0 Å². The number of hydrogen-bond acceptors (Lipinski definition) is 6. The first-order valence-corrected chi connectivity index (χ1v) is 9.12. The maximum Gasteiger partial charge on any atom is 0.362 e. The Morgan fingerprint density at radius 1 is 1.04 bits per heavy atom. The Kier molecular flexibility index (Phi) is 5.09. The van der Waals surface area contributed by atoms with Crippen molar-refractivity contribution >= 4 is 22.3 Å². The SMILES string of the molecule is CONc1cc2cccc(N3CCN(Cc4ccccc4)CC3)c2oc1=O. The minimum atomic E-state index is -0.431. The smallest absolute Gasteiger partial charge is 0.362 e. The Morgan fingerprint density at radius 2 is 1.81 bits per heavy atom. The molecule has 1 saturated heterocycles. The Morgan fingerprint density at radius 3 is 2.56 bits per heavy atom. The number of hydrogen-bond donors (Lipinski definition) is 1. The second-order valence-corrected chi connectivity index (χ2v) is 6.70. The number of rotatable bonds is 5. The number of nitrogens with zero attached hydrogens (tertiary/aromatic N) is 2. The summed E-state index contributed by atoms with van der Waals surface area (Å²) in [7, 11) is 1.47. The number of benzene rings is 2. The Labute approximate surface area is 157 Å². The molecule has 140 valence electrons. The molecule has 2 aromatic carbocycles. The number of anilines is 2. The van der Waals surface area contributed by atoms with Gasteiger partial charge in [0.05, 0.1) is 12.8 Å². The molecule has 1 fully saturated rings. The summed E-state index contributed by atoms with van der Waals surface area (Å²) in [6.07, 6.45) is 0. The molecule has 27 heavy (non-hydrogen) atoms. The Balaban J connectivity index is 1.52. The molecule has 6 heteroatoms. The zero-order chi connectivity index (χ0) is 18.6. The standard InChI is InChI=1S/C21H23N3O3/c1-26-22-18-14-17-8-5-9-19(20(17)27-21(18)25)24-12-10-23(11-13-24)15-16-6-3-2-4-7-16/h2-9,14,22H,10-13,15H2,1H3. The van der Waals surface area contributed by atoms with E-state index in [2.05, 4.69) is 39.5 Å². The molecule has 0 amide bonds. The molecule has 0 aliphatic carbocycles. The van der Waals surface area contributed by atoms with Crippen molar-refractivity contribution in [3.05, 3.63) is 70.6 Å². The lowest BCUT2D eigenvalue weighted by molar-refractivity contribution is 0.250. The normalized spacial score (nSPS) is 15.2. The van der Waals surface area contributed by atoms with E-state index in [-0.39, 0.29) is 0 Å². The summed E-state index contributed by atoms with van der Waals surface area (Å²) in [5, 5.41) is 0.873. The number of nitrogens with one attached hydrogen (secondary N) is 1. The molecule has 0 spiro atoms. The van der Waals surface area contributed by atoms with Gasteiger partial charge in [-0.2, -0.15) is 0 Å². The van der Waals surface area contributed by atoms with Crippen LogP contribution in [-0.4, -0.2) is 38.2 Å². The zero-order valence-corrected chi connectivity index (χ0v) is 15.4. The first-order chi connectivity index (χ1) is 13.2. The van der Waals surface area contributed by atoms with Crippen molar-refractivity contribution in [3.63, 3.8) is 0 Å². The van der Waals surface area contributed by atoms with Crippen LogP contribution in [0.1, 0.15) is 5.56 Å². The summed E-state index contributed by atoms with van der Waals surface area (Å²) in [5.74, 6) is 0. The molecule has 1 aliphatic heterocycles. The Hall–Kier alpha value is -2.83. The highest BCUT2D eigenvalue weighted by molar-refractivity contribution is 5.90. The maximum absolute atomic E-state index is 12.2. The van der Waals surface area contributed by atoms with Crippen LogP contribution in [0.4, 0.5) is 11.4 Å². The van der Waals surface area contributed by atoms with Gasteiger partial charge < -0.3 is 9.32 Å². The van der Waals surface area contributed by atoms with Gasteiger partial charge in [0, 0.05) is 38.1 Å². The lowest BCUT2D eigenvalue weighted by atomic mass is 10.1. The van der Waals surface area contributed by atoms with Gasteiger partial charge in [-0.1, -0.05) is 42.5 Å². The molecule has 0 atom stereocenters. The molecule has 6 nitrogen and oxygen atoms in total. The van der Waals surface area contributed by atoms with E-state index in [0.29, 0.717) is 11.3 Å². The van der Waals surface area contributed by atoms with Gasteiger partial charge in [-0.3, -0.25) is 15.2 Å². The second kappa shape index (κ2) is 7.82. The molecular formula is C21H23N3O3. The largest absolute Gasteiger partial charge is 0.419 e. The fourth-order valence-corrected chi connectivity index (χ4v) is 3.55. The summed E-state index contributed by atoms with van der Waals surface area (Å²) in [6.45, 7) is 4.70. The highest BCUT2D eigenvalue weighted by Crippen LogP contribution is 2.28. The van der Waals surface area contributed by atoms with Crippen molar-refractivity contribution in [2.24, 2.45) is 0 Å². The molecule has 0 radical (unpaired) electrons. The van der Waals surface area contributed by atoms with E-state index in [1.54, 1.807) is 6.07 Å². The summed E-state index contributed by atoms with van der Waals surface area (Å²) < 4.78 is 5.60. The number of para-hydroxylation sites is 1. The molecule has 0 saturated carbocycles. The van der Waals surface area contributed by atoms with E-state index < -0.39 is 5.63 Å². The summed E-state index contributed by atoms with van der Waals surface area (Å²) >= 11 is 0. The van der Waals surface area contributed by atoms with Gasteiger partial charge in [0.1, 0.15) is 5.69 Å². The van der Waals surface area contributed by atoms with Crippen LogP contribution in [0.5, 0.6) is 0 Å². The topological polar surface area (TPSA) is 58.0 Å². The van der Waals surface area contributed by atoms with Crippen molar-refractivity contribution < 1.29 is 9.25 Å². The van der Waals surface area contributed by atoms with Gasteiger partial charge in [0.15, 0.2) is 5.58 Å². The average molecular weight is 365 g/mol. The van der Waals surface area contributed by atoms with Crippen LogP contribution >= 0.6 is 0 Å². The lowest BCUT2D eigenvalue weighted by Gasteiger charge is -2.36. The predicted octanol–water partition coefficient (Wildman–Crippen LogP) is 3.09. The lowest BCUT2D eigenvalue weighted by Crippen LogP contribution is -2.46. The molecular weight excluding hydrogens is 342 g/mol. The van der Waals surface area contributed by atoms with Crippen molar-refractivity contribution in [3.8, 4) is 0 Å². The van der Waals surface area contributed by atoms with Gasteiger partial charge in [-0.05, 0) is 17.7 Å². The average Bonchev–Trinajstić information content (AvgIpc) is 2.70. The van der Waals surface area contributed by atoms with E-state index in [0.717, 1.165) is 43.8 Å². The van der Waals surface area contributed by atoms with E-state index in [9.17, 15) is 4.79 Å². The van der Waals surface area contributed by atoms with E-state index >= 15 is 0 Å². The third kappa shape index (κ3) is 3.82. The summed E-state index contributed by atoms with van der Waals surface area (Å²) in [5.41, 5.74) is 5.36. The Bertz CT molecular complexity index is 963. The van der Waals surface area contributed by atoms with Crippen molar-refractivity contribution in [2.75, 3.05) is 43.7 Å². The number of piperazine rings is 1. The molecule has 4 rings (SSSR count).